The van der Waals surface area contributed by atoms with Crippen LogP contribution < -0.4 is 11.1 Å². The average molecular weight is 805 g/mol. The lowest BCUT2D eigenvalue weighted by Gasteiger charge is -2.26. The zero-order valence-electron chi connectivity index (χ0n) is 32.5. The predicted octanol–water partition coefficient (Wildman–Crippen LogP) is 7.16. The van der Waals surface area contributed by atoms with Gasteiger partial charge in [0, 0.05) is 12.3 Å². The first-order chi connectivity index (χ1) is 27.1. The van der Waals surface area contributed by atoms with E-state index in [9.17, 15) is 34.8 Å². The van der Waals surface area contributed by atoms with Gasteiger partial charge in [-0.2, -0.15) is 10.4 Å². The molecule has 0 spiro atoms. The van der Waals surface area contributed by atoms with Crippen molar-refractivity contribution in [3.8, 4) is 6.26 Å². The van der Waals surface area contributed by atoms with Gasteiger partial charge in [-0.25, -0.2) is 18.9 Å². The first kappa shape index (κ1) is 46.6. The lowest BCUT2D eigenvalue weighted by atomic mass is 10.0. The molecular weight excluding hydrogens is 743 g/mol. The predicted molar refractivity (Wildman–Crippen MR) is 212 cm³/mol. The van der Waals surface area contributed by atoms with E-state index < -0.39 is 51.4 Å². The number of phosphoric ester groups is 1. The van der Waals surface area contributed by atoms with Crippen molar-refractivity contribution in [3.63, 3.8) is 0 Å². The molecule has 0 aliphatic heterocycles. The van der Waals surface area contributed by atoms with Crippen molar-refractivity contribution in [1.29, 1.82) is 5.26 Å². The summed E-state index contributed by atoms with van der Waals surface area (Å²) < 4.78 is 35.3. The van der Waals surface area contributed by atoms with Crippen molar-refractivity contribution in [1.82, 2.24) is 14.6 Å². The summed E-state index contributed by atoms with van der Waals surface area (Å²) in [5, 5.41) is 47.6. The normalized spacial score (nSPS) is 14.8. The Morgan fingerprint density at radius 3 is 2.09 bits per heavy atom. The number of aliphatic hydroxyl groups is 2. The van der Waals surface area contributed by atoms with Gasteiger partial charge in [-0.1, -0.05) is 115 Å². The number of ether oxygens (including phenoxy) is 2. The fourth-order valence-corrected chi connectivity index (χ4v) is 7.14. The third-order valence-corrected chi connectivity index (χ3v) is 10.5. The van der Waals surface area contributed by atoms with Gasteiger partial charge < -0.3 is 40.7 Å². The Hall–Kier alpha value is -3.81. The number of nitrogens with zero attached hydrogens (tertiary/aromatic N) is 4. The van der Waals surface area contributed by atoms with E-state index in [1.165, 1.54) is 112 Å². The van der Waals surface area contributed by atoms with Crippen LogP contribution in [0.1, 0.15) is 132 Å². The Labute approximate surface area is 329 Å². The molecular formula is C39H61N6O10P. The molecule has 0 aliphatic carbocycles. The molecule has 1 aromatic carbocycles. The Balaban J connectivity index is 1.43. The van der Waals surface area contributed by atoms with Crippen molar-refractivity contribution in [3.05, 3.63) is 54.0 Å². The first-order valence-corrected chi connectivity index (χ1v) is 21.3. The summed E-state index contributed by atoms with van der Waals surface area (Å²) in [6, 6.07) is 8.42. The molecule has 0 fully saturated rings. The van der Waals surface area contributed by atoms with Gasteiger partial charge in [0.05, 0.1) is 37.1 Å². The third-order valence-electron chi connectivity index (χ3n) is 9.54. The Morgan fingerprint density at radius 1 is 0.893 bits per heavy atom. The maximum absolute atomic E-state index is 13.0. The van der Waals surface area contributed by atoms with E-state index in [-0.39, 0.29) is 29.4 Å². The number of carboxylic acid groups (broad SMARTS) is 1. The summed E-state index contributed by atoms with van der Waals surface area (Å²) in [6.45, 7) is 1.45. The maximum Gasteiger partial charge on any atom is 0.472 e. The number of unbranched alkanes of at least 4 members (excludes halogenated alkanes) is 15. The number of nitrogens with two attached hydrogens (primary N) is 1. The molecule has 5 atom stereocenters. The molecule has 0 radical (unpaired) electrons. The average Bonchev–Trinajstić information content (AvgIpc) is 3.63. The number of carbonyl (C=O) groups is 1. The first-order valence-electron chi connectivity index (χ1n) is 19.8. The van der Waals surface area contributed by atoms with Crippen LogP contribution in [0.2, 0.25) is 0 Å². The number of benzene rings is 1. The van der Waals surface area contributed by atoms with Crippen molar-refractivity contribution in [2.45, 2.75) is 134 Å². The number of rotatable bonds is 32. The van der Waals surface area contributed by atoms with Crippen LogP contribution in [0.15, 0.2) is 42.7 Å². The summed E-state index contributed by atoms with van der Waals surface area (Å²) in [4.78, 5) is 26.2. The van der Waals surface area contributed by atoms with Crippen LogP contribution in [-0.4, -0.2) is 85.5 Å². The van der Waals surface area contributed by atoms with Crippen LogP contribution in [0.25, 0.3) is 5.52 Å². The van der Waals surface area contributed by atoms with E-state index in [4.69, 9.17) is 24.3 Å². The molecule has 3 aromatic rings. The number of carboxylic acids is 1. The molecule has 2 heterocycles. The molecule has 0 saturated heterocycles. The standard InChI is InChI=1S/C39H61N6O10P/c1-2-3-4-5-6-7-8-9-10-11-12-13-14-15-16-19-24-52-25-30(44-32-21-18-17-20-31(32)39(48)49)26-54-56(50,51)55-27-35(53-28-40)37(47)36(46)33-22-23-34-38(41)42-29-43-45(33)34/h17-18,20-23,29-30,35-37,44,46-47H,2-16,19,24-27H2,1H3,(H,48,49)(H,50,51)(H2,41,42,43)/t30-,35-,36+,37-/m1/s1. The molecule has 1 unspecified atom stereocenters. The van der Waals surface area contributed by atoms with Gasteiger partial charge in [-0.3, -0.25) is 9.05 Å². The number of hydrogen-bond donors (Lipinski definition) is 6. The molecule has 3 rings (SSSR count). The highest BCUT2D eigenvalue weighted by atomic mass is 31.2. The highest BCUT2D eigenvalue weighted by Gasteiger charge is 2.35. The summed E-state index contributed by atoms with van der Waals surface area (Å²) >= 11 is 0. The molecule has 7 N–H and O–H groups in total. The van der Waals surface area contributed by atoms with Gasteiger partial charge in [0.1, 0.15) is 24.1 Å². The van der Waals surface area contributed by atoms with Crippen LogP contribution in [-0.2, 0) is 23.1 Å². The van der Waals surface area contributed by atoms with E-state index in [0.29, 0.717) is 12.1 Å². The highest BCUT2D eigenvalue weighted by molar-refractivity contribution is 7.47. The highest BCUT2D eigenvalue weighted by Crippen LogP contribution is 2.44. The van der Waals surface area contributed by atoms with Gasteiger partial charge in [0.15, 0.2) is 11.9 Å². The van der Waals surface area contributed by atoms with Crippen LogP contribution in [0, 0.1) is 11.5 Å². The van der Waals surface area contributed by atoms with E-state index in [1.807, 2.05) is 0 Å². The van der Waals surface area contributed by atoms with Crippen molar-refractivity contribution >= 4 is 30.8 Å². The lowest BCUT2D eigenvalue weighted by Crippen LogP contribution is -2.37. The molecule has 0 bridgehead atoms. The summed E-state index contributed by atoms with van der Waals surface area (Å²) in [5.41, 5.74) is 6.54. The number of fused-ring (bicyclic) bond motifs is 1. The van der Waals surface area contributed by atoms with Crippen molar-refractivity contribution in [2.75, 3.05) is 37.5 Å². The topological polar surface area (TPSA) is 244 Å². The van der Waals surface area contributed by atoms with E-state index >= 15 is 0 Å². The molecule has 312 valence electrons. The monoisotopic (exact) mass is 804 g/mol. The second-order valence-electron chi connectivity index (χ2n) is 14.0. The fourth-order valence-electron chi connectivity index (χ4n) is 6.36. The summed E-state index contributed by atoms with van der Waals surface area (Å²) in [5.74, 6) is -1.03. The van der Waals surface area contributed by atoms with Crippen LogP contribution in [0.5, 0.6) is 0 Å². The van der Waals surface area contributed by atoms with Gasteiger partial charge in [-0.05, 0) is 30.7 Å². The SMILES string of the molecule is CCCCCCCCCCCCCCCCCCOC[C@H](COP(=O)(O)OC[C@@H](OC#N)[C@@H](O)[C@@H](O)c1ccc2c(N)ncnn12)Nc1ccccc1C(=O)O. The minimum Gasteiger partial charge on any atom is -0.478 e. The number of nitrogen functional groups attached to an aromatic ring is 1. The molecule has 16 nitrogen and oxygen atoms in total. The van der Waals surface area contributed by atoms with Crippen LogP contribution in [0.4, 0.5) is 11.5 Å². The molecule has 2 aromatic heterocycles. The minimum atomic E-state index is -4.85. The zero-order chi connectivity index (χ0) is 40.6. The van der Waals surface area contributed by atoms with E-state index in [0.717, 1.165) is 25.6 Å². The van der Waals surface area contributed by atoms with Gasteiger partial charge in [0.25, 0.3) is 6.26 Å². The van der Waals surface area contributed by atoms with E-state index in [1.54, 1.807) is 18.2 Å². The molecule has 56 heavy (non-hydrogen) atoms. The summed E-state index contributed by atoms with van der Waals surface area (Å²) in [6.07, 6.45) is 17.5. The maximum atomic E-state index is 13.0. The zero-order valence-corrected chi connectivity index (χ0v) is 33.4. The number of nitriles is 1. The molecule has 0 amide bonds. The second kappa shape index (κ2) is 26.2. The lowest BCUT2D eigenvalue weighted by molar-refractivity contribution is -0.0796. The van der Waals surface area contributed by atoms with Crippen molar-refractivity contribution in [2.24, 2.45) is 0 Å². The summed E-state index contributed by atoms with van der Waals surface area (Å²) in [7, 11) is -4.85. The quantitative estimate of drug-likeness (QED) is 0.0208. The number of para-hydroxylation sites is 1. The fraction of sp³-hybridized carbons (Fsp3) is 0.641. The van der Waals surface area contributed by atoms with Gasteiger partial charge in [0.2, 0.25) is 0 Å². The third kappa shape index (κ3) is 16.7. The smallest absolute Gasteiger partial charge is 0.472 e. The minimum absolute atomic E-state index is 0.00677. The molecule has 0 aliphatic rings. The number of aromatic carboxylic acids is 1. The number of nitrogens with one attached hydrogen (secondary N) is 1. The number of hydrogen-bond acceptors (Lipinski definition) is 13. The number of phosphoric acid groups is 1. The molecule has 0 saturated carbocycles. The van der Waals surface area contributed by atoms with Gasteiger partial charge >= 0.3 is 13.8 Å². The van der Waals surface area contributed by atoms with E-state index in [2.05, 4.69) is 22.3 Å². The molecule has 17 heteroatoms. The van der Waals surface area contributed by atoms with Gasteiger partial charge in [-0.15, -0.1) is 0 Å². The Kier molecular flexibility index (Phi) is 21.8. The Bertz CT molecular complexity index is 1660. The Morgan fingerprint density at radius 2 is 1.48 bits per heavy atom. The largest absolute Gasteiger partial charge is 0.478 e. The second-order valence-corrected chi connectivity index (χ2v) is 15.5. The van der Waals surface area contributed by atoms with Crippen LogP contribution >= 0.6 is 7.82 Å². The van der Waals surface area contributed by atoms with Crippen molar-refractivity contribution < 1.29 is 48.1 Å². The number of aromatic nitrogens is 3. The number of anilines is 2. The number of aliphatic hydroxyl groups excluding tert-OH is 2. The van der Waals surface area contributed by atoms with Crippen LogP contribution in [0.3, 0.4) is 0 Å².